The van der Waals surface area contributed by atoms with Crippen molar-refractivity contribution in [2.75, 3.05) is 0 Å². The minimum Gasteiger partial charge on any atom is -0.506 e. The van der Waals surface area contributed by atoms with E-state index in [1.165, 1.54) is 12.1 Å². The number of aromatic nitrogens is 1. The van der Waals surface area contributed by atoms with Crippen LogP contribution in [0.15, 0.2) is 36.5 Å². The van der Waals surface area contributed by atoms with Crippen LogP contribution in [0, 0.1) is 5.95 Å². The molecule has 19 heavy (non-hydrogen) atoms. The predicted octanol–water partition coefficient (Wildman–Crippen LogP) is 3.49. The van der Waals surface area contributed by atoms with E-state index in [0.717, 1.165) is 24.4 Å². The Labute approximate surface area is 105 Å². The number of alkyl halides is 3. The van der Waals surface area contributed by atoms with Gasteiger partial charge in [-0.05, 0) is 17.7 Å². The fourth-order valence-electron chi connectivity index (χ4n) is 1.51. The Morgan fingerprint density at radius 2 is 1.89 bits per heavy atom. The van der Waals surface area contributed by atoms with Crippen molar-refractivity contribution in [2.24, 2.45) is 0 Å². The zero-order chi connectivity index (χ0) is 14.0. The van der Waals surface area contributed by atoms with Gasteiger partial charge < -0.3 is 9.84 Å². The van der Waals surface area contributed by atoms with E-state index in [2.05, 4.69) is 9.72 Å². The molecule has 2 rings (SSSR count). The predicted molar refractivity (Wildman–Crippen MR) is 58.0 cm³/mol. The fraction of sp³-hybridized carbons (Fsp3) is 0.0833. The average Bonchev–Trinajstić information content (AvgIpc) is 2.30. The first-order valence-corrected chi connectivity index (χ1v) is 5.06. The van der Waals surface area contributed by atoms with E-state index in [1.807, 2.05) is 0 Å². The minimum atomic E-state index is -4.82. The maximum absolute atomic E-state index is 13.0. The number of benzene rings is 1. The molecule has 2 aromatic rings. The maximum atomic E-state index is 13.0. The molecule has 0 amide bonds. The number of aromatic hydroxyl groups is 1. The van der Waals surface area contributed by atoms with Crippen molar-refractivity contribution >= 4 is 0 Å². The Bertz CT molecular complexity index is 599. The van der Waals surface area contributed by atoms with Gasteiger partial charge in [0.2, 0.25) is 5.95 Å². The summed E-state index contributed by atoms with van der Waals surface area (Å²) < 4.78 is 52.9. The van der Waals surface area contributed by atoms with E-state index in [-0.39, 0.29) is 16.9 Å². The van der Waals surface area contributed by atoms with Crippen molar-refractivity contribution in [1.29, 1.82) is 0 Å². The molecule has 0 saturated heterocycles. The molecule has 1 aromatic carbocycles. The Morgan fingerprint density at radius 1 is 1.16 bits per heavy atom. The van der Waals surface area contributed by atoms with E-state index in [4.69, 9.17) is 0 Å². The Kier molecular flexibility index (Phi) is 3.28. The summed E-state index contributed by atoms with van der Waals surface area (Å²) in [7, 11) is 0. The summed E-state index contributed by atoms with van der Waals surface area (Å²) in [5.74, 6) is -1.65. The molecule has 7 heteroatoms. The molecule has 0 spiro atoms. The van der Waals surface area contributed by atoms with Gasteiger partial charge in [0, 0.05) is 11.6 Å². The second-order valence-electron chi connectivity index (χ2n) is 3.60. The standard InChI is InChI=1S/C12H7F4NO2/c13-11-5-9(10(18)6-17-11)7-2-1-3-8(4-7)19-12(14,15)16/h1-6,18H. The van der Waals surface area contributed by atoms with Gasteiger partial charge in [-0.3, -0.25) is 0 Å². The van der Waals surface area contributed by atoms with Gasteiger partial charge in [-0.2, -0.15) is 4.39 Å². The zero-order valence-corrected chi connectivity index (χ0v) is 9.28. The third-order valence-corrected chi connectivity index (χ3v) is 2.23. The lowest BCUT2D eigenvalue weighted by atomic mass is 10.1. The summed E-state index contributed by atoms with van der Waals surface area (Å²) in [6.45, 7) is 0. The van der Waals surface area contributed by atoms with Crippen molar-refractivity contribution in [1.82, 2.24) is 4.98 Å². The molecule has 1 N–H and O–H groups in total. The SMILES string of the molecule is Oc1cnc(F)cc1-c1cccc(OC(F)(F)F)c1. The first kappa shape index (κ1) is 13.1. The largest absolute Gasteiger partial charge is 0.573 e. The molecule has 0 aliphatic carbocycles. The van der Waals surface area contributed by atoms with Gasteiger partial charge in [-0.15, -0.1) is 13.2 Å². The highest BCUT2D eigenvalue weighted by Crippen LogP contribution is 2.32. The van der Waals surface area contributed by atoms with Gasteiger partial charge >= 0.3 is 6.36 Å². The number of ether oxygens (including phenoxy) is 1. The van der Waals surface area contributed by atoms with Crippen LogP contribution in [0.5, 0.6) is 11.5 Å². The van der Waals surface area contributed by atoms with Crippen LogP contribution < -0.4 is 4.74 Å². The number of pyridine rings is 1. The van der Waals surface area contributed by atoms with Crippen molar-refractivity contribution in [3.63, 3.8) is 0 Å². The maximum Gasteiger partial charge on any atom is 0.573 e. The molecule has 0 bridgehead atoms. The second kappa shape index (κ2) is 4.75. The van der Waals surface area contributed by atoms with Crippen LogP contribution in [0.3, 0.4) is 0 Å². The molecule has 3 nitrogen and oxygen atoms in total. The lowest BCUT2D eigenvalue weighted by Crippen LogP contribution is -2.17. The van der Waals surface area contributed by atoms with Crippen molar-refractivity contribution < 1.29 is 27.4 Å². The molecule has 100 valence electrons. The van der Waals surface area contributed by atoms with Crippen molar-refractivity contribution in [2.45, 2.75) is 6.36 Å². The molecule has 0 aliphatic heterocycles. The van der Waals surface area contributed by atoms with Crippen LogP contribution in [0.25, 0.3) is 11.1 Å². The van der Waals surface area contributed by atoms with E-state index < -0.39 is 18.1 Å². The van der Waals surface area contributed by atoms with Crippen LogP contribution in [0.1, 0.15) is 0 Å². The molecular formula is C12H7F4NO2. The highest BCUT2D eigenvalue weighted by molar-refractivity contribution is 5.70. The molecule has 0 saturated carbocycles. The fourth-order valence-corrected chi connectivity index (χ4v) is 1.51. The summed E-state index contributed by atoms with van der Waals surface area (Å²) in [6, 6.07) is 5.78. The van der Waals surface area contributed by atoms with Crippen LogP contribution in [0.2, 0.25) is 0 Å². The number of nitrogens with zero attached hydrogens (tertiary/aromatic N) is 1. The summed E-state index contributed by atoms with van der Waals surface area (Å²) >= 11 is 0. The average molecular weight is 273 g/mol. The first-order chi connectivity index (χ1) is 8.85. The topological polar surface area (TPSA) is 42.4 Å². The van der Waals surface area contributed by atoms with Crippen LogP contribution in [-0.4, -0.2) is 16.5 Å². The van der Waals surface area contributed by atoms with Gasteiger partial charge in [0.05, 0.1) is 6.20 Å². The quantitative estimate of drug-likeness (QED) is 0.672. The summed E-state index contributed by atoms with van der Waals surface area (Å²) in [5, 5.41) is 9.52. The molecule has 1 heterocycles. The van der Waals surface area contributed by atoms with Crippen molar-refractivity contribution in [3.05, 3.63) is 42.5 Å². The number of halogens is 4. The molecule has 0 atom stereocenters. The van der Waals surface area contributed by atoms with E-state index >= 15 is 0 Å². The molecule has 0 unspecified atom stereocenters. The third-order valence-electron chi connectivity index (χ3n) is 2.23. The molecule has 0 fully saturated rings. The van der Waals surface area contributed by atoms with Crippen LogP contribution >= 0.6 is 0 Å². The molecular weight excluding hydrogens is 266 g/mol. The molecule has 0 aliphatic rings. The number of hydrogen-bond acceptors (Lipinski definition) is 3. The Morgan fingerprint density at radius 3 is 2.58 bits per heavy atom. The van der Waals surface area contributed by atoms with E-state index in [0.29, 0.717) is 0 Å². The van der Waals surface area contributed by atoms with Gasteiger partial charge in [0.15, 0.2) is 0 Å². The normalized spacial score (nSPS) is 11.4. The zero-order valence-electron chi connectivity index (χ0n) is 9.28. The van der Waals surface area contributed by atoms with Gasteiger partial charge in [0.1, 0.15) is 11.5 Å². The van der Waals surface area contributed by atoms with E-state index in [1.54, 1.807) is 0 Å². The van der Waals surface area contributed by atoms with Gasteiger partial charge in [0.25, 0.3) is 0 Å². The molecule has 0 radical (unpaired) electrons. The second-order valence-corrected chi connectivity index (χ2v) is 3.60. The lowest BCUT2D eigenvalue weighted by Gasteiger charge is -2.10. The summed E-state index contributed by atoms with van der Waals surface area (Å²) in [4.78, 5) is 3.22. The lowest BCUT2D eigenvalue weighted by molar-refractivity contribution is -0.274. The number of rotatable bonds is 2. The highest BCUT2D eigenvalue weighted by atomic mass is 19.4. The summed E-state index contributed by atoms with van der Waals surface area (Å²) in [6.07, 6.45) is -3.94. The van der Waals surface area contributed by atoms with Gasteiger partial charge in [-0.1, -0.05) is 12.1 Å². The van der Waals surface area contributed by atoms with Crippen LogP contribution in [0.4, 0.5) is 17.6 Å². The van der Waals surface area contributed by atoms with Crippen LogP contribution in [-0.2, 0) is 0 Å². The highest BCUT2D eigenvalue weighted by Gasteiger charge is 2.31. The Balaban J connectivity index is 2.40. The molecule has 1 aromatic heterocycles. The third kappa shape index (κ3) is 3.34. The smallest absolute Gasteiger partial charge is 0.506 e. The van der Waals surface area contributed by atoms with Crippen molar-refractivity contribution in [3.8, 4) is 22.6 Å². The van der Waals surface area contributed by atoms with Gasteiger partial charge in [-0.25, -0.2) is 4.98 Å². The monoisotopic (exact) mass is 273 g/mol. The first-order valence-electron chi connectivity index (χ1n) is 5.06. The van der Waals surface area contributed by atoms with E-state index in [9.17, 15) is 22.7 Å². The minimum absolute atomic E-state index is 0.0279. The Hall–Kier alpha value is -2.31. The summed E-state index contributed by atoms with van der Waals surface area (Å²) in [5.41, 5.74) is 0.209. The number of hydrogen-bond donors (Lipinski definition) is 1.